The lowest BCUT2D eigenvalue weighted by molar-refractivity contribution is 0.0991. The lowest BCUT2D eigenvalue weighted by atomic mass is 10.2. The van der Waals surface area contributed by atoms with E-state index >= 15 is 0 Å². The van der Waals surface area contributed by atoms with Crippen molar-refractivity contribution in [3.05, 3.63) is 0 Å². The van der Waals surface area contributed by atoms with Gasteiger partial charge in [0, 0.05) is 25.7 Å². The number of ether oxygens (including phenoxy) is 1. The average molecular weight is 186 g/mol. The molecule has 0 aromatic carbocycles. The first kappa shape index (κ1) is 11.0. The zero-order valence-corrected chi connectivity index (χ0v) is 9.05. The van der Waals surface area contributed by atoms with E-state index in [-0.39, 0.29) is 0 Å². The maximum Gasteiger partial charge on any atom is 0.0615 e. The van der Waals surface area contributed by atoms with Gasteiger partial charge in [-0.1, -0.05) is 0 Å². The zero-order valence-electron chi connectivity index (χ0n) is 9.05. The highest BCUT2D eigenvalue weighted by atomic mass is 16.5. The molecule has 0 spiro atoms. The smallest absolute Gasteiger partial charge is 0.0615 e. The molecular weight excluding hydrogens is 164 g/mol. The number of hydrogen-bond donors (Lipinski definition) is 1. The number of rotatable bonds is 3. The Kier molecular flexibility index (Phi) is 4.70. The predicted molar refractivity (Wildman–Crippen MR) is 55.0 cm³/mol. The van der Waals surface area contributed by atoms with Gasteiger partial charge < -0.3 is 10.1 Å². The third-order valence-corrected chi connectivity index (χ3v) is 2.65. The minimum absolute atomic E-state index is 0.548. The van der Waals surface area contributed by atoms with Crippen molar-refractivity contribution in [3.63, 3.8) is 0 Å². The number of hydrogen-bond acceptors (Lipinski definition) is 3. The predicted octanol–water partition coefficient (Wildman–Crippen LogP) is 0.705. The average Bonchev–Trinajstić information content (AvgIpc) is 2.30. The summed E-state index contributed by atoms with van der Waals surface area (Å²) in [6.07, 6.45) is 1.25. The van der Waals surface area contributed by atoms with Gasteiger partial charge in [-0.05, 0) is 33.4 Å². The van der Waals surface area contributed by atoms with Crippen molar-refractivity contribution < 1.29 is 4.74 Å². The van der Waals surface area contributed by atoms with E-state index in [4.69, 9.17) is 4.74 Å². The van der Waals surface area contributed by atoms with E-state index in [0.717, 1.165) is 19.7 Å². The summed E-state index contributed by atoms with van der Waals surface area (Å²) in [7, 11) is 1.77. The van der Waals surface area contributed by atoms with Crippen molar-refractivity contribution >= 4 is 0 Å². The highest BCUT2D eigenvalue weighted by Gasteiger charge is 2.18. The van der Waals surface area contributed by atoms with Gasteiger partial charge in [-0.2, -0.15) is 0 Å². The lowest BCUT2D eigenvalue weighted by Crippen LogP contribution is -2.42. The normalized spacial score (nSPS) is 28.4. The fourth-order valence-electron chi connectivity index (χ4n) is 1.89. The summed E-state index contributed by atoms with van der Waals surface area (Å²) in [5.74, 6) is 0. The third-order valence-electron chi connectivity index (χ3n) is 2.65. The molecule has 0 saturated carbocycles. The van der Waals surface area contributed by atoms with Gasteiger partial charge in [0.1, 0.15) is 0 Å². The van der Waals surface area contributed by atoms with Gasteiger partial charge >= 0.3 is 0 Å². The van der Waals surface area contributed by atoms with E-state index in [1.54, 1.807) is 7.11 Å². The Balaban J connectivity index is 2.37. The van der Waals surface area contributed by atoms with E-state index in [9.17, 15) is 0 Å². The maximum absolute atomic E-state index is 5.17. The number of methoxy groups -OCH3 is 1. The van der Waals surface area contributed by atoms with Gasteiger partial charge in [0.2, 0.25) is 0 Å². The molecule has 0 bridgehead atoms. The van der Waals surface area contributed by atoms with Crippen LogP contribution in [0.3, 0.4) is 0 Å². The second-order valence-electron chi connectivity index (χ2n) is 4.01. The fraction of sp³-hybridized carbons (Fsp3) is 1.00. The molecule has 1 heterocycles. The van der Waals surface area contributed by atoms with Crippen molar-refractivity contribution in [2.45, 2.75) is 32.4 Å². The van der Waals surface area contributed by atoms with E-state index in [1.165, 1.54) is 13.0 Å². The van der Waals surface area contributed by atoms with Crippen LogP contribution in [0.25, 0.3) is 0 Å². The first-order chi connectivity index (χ1) is 6.24. The highest BCUT2D eigenvalue weighted by molar-refractivity contribution is 4.76. The molecule has 78 valence electrons. The Morgan fingerprint density at radius 3 is 3.08 bits per heavy atom. The zero-order chi connectivity index (χ0) is 9.68. The molecule has 1 saturated heterocycles. The van der Waals surface area contributed by atoms with Crippen LogP contribution in [0.2, 0.25) is 0 Å². The molecule has 2 unspecified atom stereocenters. The van der Waals surface area contributed by atoms with E-state index in [1.807, 2.05) is 0 Å². The quantitative estimate of drug-likeness (QED) is 0.702. The third kappa shape index (κ3) is 3.63. The van der Waals surface area contributed by atoms with Crippen LogP contribution in [0.4, 0.5) is 0 Å². The molecule has 1 fully saturated rings. The summed E-state index contributed by atoms with van der Waals surface area (Å²) in [5, 5.41) is 3.49. The van der Waals surface area contributed by atoms with Gasteiger partial charge in [-0.25, -0.2) is 0 Å². The summed E-state index contributed by atoms with van der Waals surface area (Å²) in [4.78, 5) is 2.51. The van der Waals surface area contributed by atoms with E-state index in [2.05, 4.69) is 24.1 Å². The molecule has 0 radical (unpaired) electrons. The topological polar surface area (TPSA) is 24.5 Å². The van der Waals surface area contributed by atoms with Crippen LogP contribution in [0.5, 0.6) is 0 Å². The molecule has 0 aromatic heterocycles. The van der Waals surface area contributed by atoms with E-state index < -0.39 is 0 Å². The molecule has 2 atom stereocenters. The molecule has 1 aliphatic heterocycles. The maximum atomic E-state index is 5.17. The van der Waals surface area contributed by atoms with Crippen molar-refractivity contribution in [1.29, 1.82) is 0 Å². The van der Waals surface area contributed by atoms with Crippen LogP contribution in [-0.4, -0.2) is 50.3 Å². The largest absolute Gasteiger partial charge is 0.383 e. The minimum Gasteiger partial charge on any atom is -0.383 e. The highest BCUT2D eigenvalue weighted by Crippen LogP contribution is 2.05. The molecule has 1 N–H and O–H groups in total. The van der Waals surface area contributed by atoms with Crippen molar-refractivity contribution in [1.82, 2.24) is 10.2 Å². The van der Waals surface area contributed by atoms with Crippen LogP contribution < -0.4 is 5.32 Å². The molecule has 0 amide bonds. The molecule has 3 nitrogen and oxygen atoms in total. The summed E-state index contributed by atoms with van der Waals surface area (Å²) in [6.45, 7) is 8.82. The van der Waals surface area contributed by atoms with Crippen molar-refractivity contribution in [3.8, 4) is 0 Å². The van der Waals surface area contributed by atoms with Crippen LogP contribution in [0.1, 0.15) is 20.3 Å². The number of nitrogens with zero attached hydrogens (tertiary/aromatic N) is 1. The fourth-order valence-corrected chi connectivity index (χ4v) is 1.89. The van der Waals surface area contributed by atoms with Crippen LogP contribution in [-0.2, 0) is 4.74 Å². The van der Waals surface area contributed by atoms with Crippen LogP contribution in [0, 0.1) is 0 Å². The van der Waals surface area contributed by atoms with Gasteiger partial charge in [0.05, 0.1) is 6.61 Å². The first-order valence-electron chi connectivity index (χ1n) is 5.20. The Hall–Kier alpha value is -0.120. The Bertz CT molecular complexity index is 141. The molecule has 0 aromatic rings. The summed E-state index contributed by atoms with van der Waals surface area (Å²) < 4.78 is 5.17. The lowest BCUT2D eigenvalue weighted by Gasteiger charge is -2.28. The van der Waals surface area contributed by atoms with Gasteiger partial charge in [-0.15, -0.1) is 0 Å². The SMILES string of the molecule is COCC(C)N1CCCNC(C)C1. The monoisotopic (exact) mass is 186 g/mol. The minimum atomic E-state index is 0.548. The van der Waals surface area contributed by atoms with Gasteiger partial charge in [-0.3, -0.25) is 4.90 Å². The number of nitrogens with one attached hydrogen (secondary N) is 1. The second kappa shape index (κ2) is 5.58. The summed E-state index contributed by atoms with van der Waals surface area (Å²) in [5.41, 5.74) is 0. The molecule has 1 aliphatic rings. The molecule has 3 heteroatoms. The van der Waals surface area contributed by atoms with Gasteiger partial charge in [0.15, 0.2) is 0 Å². The second-order valence-corrected chi connectivity index (χ2v) is 4.01. The van der Waals surface area contributed by atoms with Crippen LogP contribution in [0.15, 0.2) is 0 Å². The first-order valence-corrected chi connectivity index (χ1v) is 5.20. The summed E-state index contributed by atoms with van der Waals surface area (Å²) >= 11 is 0. The molecule has 1 rings (SSSR count). The molecule has 13 heavy (non-hydrogen) atoms. The Labute approximate surface area is 81.4 Å². The van der Waals surface area contributed by atoms with Crippen molar-refractivity contribution in [2.24, 2.45) is 0 Å². The van der Waals surface area contributed by atoms with Crippen molar-refractivity contribution in [2.75, 3.05) is 33.4 Å². The van der Waals surface area contributed by atoms with E-state index in [0.29, 0.717) is 12.1 Å². The molecular formula is C10H22N2O. The van der Waals surface area contributed by atoms with Crippen LogP contribution >= 0.6 is 0 Å². The Morgan fingerprint density at radius 1 is 1.62 bits per heavy atom. The standard InChI is InChI=1S/C10H22N2O/c1-9-7-12(6-4-5-11-9)10(2)8-13-3/h9-11H,4-8H2,1-3H3. The Morgan fingerprint density at radius 2 is 2.38 bits per heavy atom. The van der Waals surface area contributed by atoms with Gasteiger partial charge in [0.25, 0.3) is 0 Å². The summed E-state index contributed by atoms with van der Waals surface area (Å²) in [6, 6.07) is 1.16. The molecule has 0 aliphatic carbocycles.